The number of aliphatic hydroxyl groups is 2. The quantitative estimate of drug-likeness (QED) is 0.163. The second-order valence-corrected chi connectivity index (χ2v) is 16.3. The number of esters is 1. The van der Waals surface area contributed by atoms with Gasteiger partial charge in [0.2, 0.25) is 0 Å². The highest BCUT2D eigenvalue weighted by Crippen LogP contribution is 2.55. The number of carbonyl (C=O) groups excluding carboxylic acids is 4. The van der Waals surface area contributed by atoms with Gasteiger partial charge < -0.3 is 54.2 Å². The highest BCUT2D eigenvalue weighted by Gasteiger charge is 2.50. The second kappa shape index (κ2) is 16.7. The molecule has 0 saturated carbocycles. The van der Waals surface area contributed by atoms with E-state index in [0.29, 0.717) is 5.69 Å². The zero-order chi connectivity index (χ0) is 44.2. The van der Waals surface area contributed by atoms with Crippen LogP contribution in [0, 0.1) is 37.5 Å². The van der Waals surface area contributed by atoms with Crippen molar-refractivity contribution in [2.75, 3.05) is 26.5 Å². The van der Waals surface area contributed by atoms with E-state index in [-0.39, 0.29) is 55.4 Å². The fourth-order valence-corrected chi connectivity index (χ4v) is 8.30. The minimum Gasteiger partial charge on any atom is -0.507 e. The van der Waals surface area contributed by atoms with Gasteiger partial charge in [-0.2, -0.15) is 0 Å². The van der Waals surface area contributed by atoms with Crippen molar-refractivity contribution >= 4 is 50.9 Å². The number of hydrogen-bond acceptors (Lipinski definition) is 12. The van der Waals surface area contributed by atoms with Crippen LogP contribution in [-0.2, 0) is 30.8 Å². The van der Waals surface area contributed by atoms with E-state index >= 15 is 0 Å². The SMILES string of the molecule is COC1/C=C/OC2(C)Oc3c(C)c(O)c4c(O)c(c5c(C(=O)N(C)C)c(C)n(C)c5c4c3C2=O)NC(=O)/C(C)=C/C=C\C(C)C(O)C(C)C(O)C(C)C(OC(C)=O)C1C. The third-order valence-corrected chi connectivity index (χ3v) is 12.1. The van der Waals surface area contributed by atoms with Gasteiger partial charge in [0.05, 0.1) is 52.3 Å². The number of Topliss-reactive ketones (excluding diaryl/α,β-unsaturated/α-hetero) is 1. The molecular weight excluding hydrogens is 762 g/mol. The third kappa shape index (κ3) is 7.67. The molecule has 59 heavy (non-hydrogen) atoms. The predicted octanol–water partition coefficient (Wildman–Crippen LogP) is 5.55. The Bertz CT molecular complexity index is 2300. The fraction of sp³-hybridized carbons (Fsp3) is 0.500. The van der Waals surface area contributed by atoms with Crippen molar-refractivity contribution in [1.29, 1.82) is 0 Å². The van der Waals surface area contributed by atoms with E-state index in [1.165, 1.54) is 51.2 Å². The molecule has 0 aliphatic carbocycles. The summed E-state index contributed by atoms with van der Waals surface area (Å²) in [5, 5.41) is 49.7. The van der Waals surface area contributed by atoms with Crippen LogP contribution in [0.4, 0.5) is 5.69 Å². The Hall–Kier alpha value is -5.38. The van der Waals surface area contributed by atoms with Gasteiger partial charge in [0.25, 0.3) is 17.6 Å². The number of nitrogens with one attached hydrogen (secondary N) is 1. The molecule has 2 aliphatic heterocycles. The maximum absolute atomic E-state index is 14.7. The van der Waals surface area contributed by atoms with E-state index in [0.717, 1.165) is 0 Å². The lowest BCUT2D eigenvalue weighted by atomic mass is 9.78. The summed E-state index contributed by atoms with van der Waals surface area (Å²) in [6.45, 7) is 14.3. The summed E-state index contributed by atoms with van der Waals surface area (Å²) in [6.07, 6.45) is 3.66. The Kier molecular flexibility index (Phi) is 12.7. The van der Waals surface area contributed by atoms with E-state index in [9.17, 15) is 39.6 Å². The van der Waals surface area contributed by atoms with Crippen LogP contribution in [0.5, 0.6) is 17.2 Å². The molecular formula is C44H57N3O12. The average Bonchev–Trinajstić information content (AvgIpc) is 3.60. The Labute approximate surface area is 343 Å². The van der Waals surface area contributed by atoms with Crippen molar-refractivity contribution in [3.05, 3.63) is 58.5 Å². The number of amides is 2. The molecule has 3 aromatic rings. The normalized spacial score (nSPS) is 30.1. The van der Waals surface area contributed by atoms with Gasteiger partial charge in [-0.15, -0.1) is 0 Å². The number of methoxy groups -OCH3 is 1. The van der Waals surface area contributed by atoms with Crippen LogP contribution in [0.3, 0.4) is 0 Å². The summed E-state index contributed by atoms with van der Waals surface area (Å²) in [6, 6.07) is 0. The summed E-state index contributed by atoms with van der Waals surface area (Å²) in [5.74, 6) is -7.85. The molecule has 0 fully saturated rings. The van der Waals surface area contributed by atoms with E-state index in [4.69, 9.17) is 18.9 Å². The first-order chi connectivity index (χ1) is 27.5. The molecule has 2 aliphatic rings. The van der Waals surface area contributed by atoms with E-state index < -0.39 is 88.9 Å². The summed E-state index contributed by atoms with van der Waals surface area (Å²) in [4.78, 5) is 56.2. The zero-order valence-corrected chi connectivity index (χ0v) is 36.0. The second-order valence-electron chi connectivity index (χ2n) is 16.3. The molecule has 320 valence electrons. The monoisotopic (exact) mass is 819 g/mol. The van der Waals surface area contributed by atoms with Crippen molar-refractivity contribution in [3.8, 4) is 17.2 Å². The number of carbonyl (C=O) groups is 4. The number of phenols is 2. The molecule has 0 radical (unpaired) electrons. The first kappa shape index (κ1) is 44.7. The number of rotatable bonds is 3. The lowest BCUT2D eigenvalue weighted by Crippen LogP contribution is -2.46. The molecule has 2 aromatic carbocycles. The van der Waals surface area contributed by atoms with Crippen LogP contribution in [0.25, 0.3) is 21.7 Å². The van der Waals surface area contributed by atoms with Crippen LogP contribution in [0.15, 0.2) is 36.1 Å². The Morgan fingerprint density at radius 1 is 0.932 bits per heavy atom. The Balaban J connectivity index is 1.81. The molecule has 9 unspecified atom stereocenters. The standard InChI is InChI=1S/C44H57N3O12/c1-19-15-14-16-20(2)42(54)45-33-30-28(43(55)46(10)11)25(7)47(12)34(30)29-31(38(33)52)37(51)24(6)40-32(29)41(53)44(9,59-40)57-18-17-27(56-13)21(3)39(58-26(8)48)23(5)36(50)22(4)35(19)49/h14-19,21-23,27,35-36,39,49-52H,1-13H3,(H,45,54)/b15-14-,18-17+,20-16+. The summed E-state index contributed by atoms with van der Waals surface area (Å²) in [5.41, 5.74) is 0.960. The molecule has 3 heterocycles. The summed E-state index contributed by atoms with van der Waals surface area (Å²) >= 11 is 0. The summed E-state index contributed by atoms with van der Waals surface area (Å²) in [7, 11) is 6.24. The van der Waals surface area contributed by atoms with E-state index in [1.807, 2.05) is 0 Å². The molecule has 0 saturated heterocycles. The molecule has 0 spiro atoms. The maximum atomic E-state index is 14.7. The fourth-order valence-electron chi connectivity index (χ4n) is 8.30. The Morgan fingerprint density at radius 2 is 1.58 bits per heavy atom. The summed E-state index contributed by atoms with van der Waals surface area (Å²) < 4.78 is 25.5. The van der Waals surface area contributed by atoms with Gasteiger partial charge in [-0.3, -0.25) is 19.2 Å². The number of aromatic nitrogens is 1. The average molecular weight is 820 g/mol. The minimum absolute atomic E-state index is 0.0104. The number of hydrogen-bond donors (Lipinski definition) is 5. The number of fused-ring (bicyclic) bond motifs is 1. The van der Waals surface area contributed by atoms with Gasteiger partial charge >= 0.3 is 11.8 Å². The van der Waals surface area contributed by atoms with E-state index in [1.54, 1.807) is 79.4 Å². The van der Waals surface area contributed by atoms with Gasteiger partial charge in [0, 0.05) is 93.4 Å². The van der Waals surface area contributed by atoms with Crippen molar-refractivity contribution in [3.63, 3.8) is 0 Å². The highest BCUT2D eigenvalue weighted by atomic mass is 16.7. The van der Waals surface area contributed by atoms with Gasteiger partial charge in [0.15, 0.2) is 5.75 Å². The lowest BCUT2D eigenvalue weighted by molar-refractivity contribution is -0.160. The number of benzene rings is 2. The van der Waals surface area contributed by atoms with Crippen molar-refractivity contribution < 1.29 is 58.6 Å². The lowest BCUT2D eigenvalue weighted by Gasteiger charge is -2.38. The number of ketones is 1. The van der Waals surface area contributed by atoms with Crippen LogP contribution in [0.1, 0.15) is 80.4 Å². The van der Waals surface area contributed by atoms with Crippen molar-refractivity contribution in [1.82, 2.24) is 9.47 Å². The number of aromatic hydroxyl groups is 2. The van der Waals surface area contributed by atoms with Crippen LogP contribution in [-0.4, -0.2) is 105 Å². The minimum atomic E-state index is -2.01. The molecule has 9 atom stereocenters. The molecule has 5 N–H and O–H groups in total. The zero-order valence-electron chi connectivity index (χ0n) is 36.0. The Morgan fingerprint density at radius 3 is 2.17 bits per heavy atom. The molecule has 2 amide bonds. The van der Waals surface area contributed by atoms with Gasteiger partial charge in [-0.1, -0.05) is 45.9 Å². The predicted molar refractivity (Wildman–Crippen MR) is 221 cm³/mol. The van der Waals surface area contributed by atoms with Crippen LogP contribution in [0.2, 0.25) is 0 Å². The molecule has 15 nitrogen and oxygen atoms in total. The van der Waals surface area contributed by atoms with Crippen molar-refractivity contribution in [2.24, 2.45) is 30.7 Å². The molecule has 15 heteroatoms. The van der Waals surface area contributed by atoms with Crippen LogP contribution < -0.4 is 10.1 Å². The number of phenolic OH excluding ortho intramolecular Hbond substituents is 2. The van der Waals surface area contributed by atoms with Crippen LogP contribution >= 0.6 is 0 Å². The van der Waals surface area contributed by atoms with Crippen molar-refractivity contribution in [2.45, 2.75) is 92.5 Å². The molecule has 4 bridgehead atoms. The first-order valence-electron chi connectivity index (χ1n) is 19.6. The van der Waals surface area contributed by atoms with Gasteiger partial charge in [0.1, 0.15) is 17.6 Å². The number of aryl methyl sites for hydroxylation is 1. The largest absolute Gasteiger partial charge is 0.507 e. The number of aliphatic hydroxyl groups excluding tert-OH is 2. The number of ether oxygens (including phenoxy) is 4. The number of anilines is 1. The number of nitrogens with zero attached hydrogens (tertiary/aromatic N) is 2. The van der Waals surface area contributed by atoms with Gasteiger partial charge in [-0.25, -0.2) is 0 Å². The molecule has 1 aromatic heterocycles. The highest BCUT2D eigenvalue weighted by molar-refractivity contribution is 6.31. The maximum Gasteiger partial charge on any atom is 0.312 e. The van der Waals surface area contributed by atoms with Gasteiger partial charge in [-0.05, 0) is 26.8 Å². The van der Waals surface area contributed by atoms with E-state index in [2.05, 4.69) is 5.32 Å². The first-order valence-corrected chi connectivity index (χ1v) is 19.6. The third-order valence-electron chi connectivity index (χ3n) is 12.1. The number of allylic oxidation sites excluding steroid dienone is 2. The topological polar surface area (TPSA) is 206 Å². The molecule has 5 rings (SSSR count). The smallest absolute Gasteiger partial charge is 0.312 e.